The summed E-state index contributed by atoms with van der Waals surface area (Å²) in [6.45, 7) is 4.19. The molecular weight excluding hydrogens is 244 g/mol. The van der Waals surface area contributed by atoms with Crippen LogP contribution in [0.4, 0.5) is 0 Å². The minimum Gasteiger partial charge on any atom is -0.381 e. The van der Waals surface area contributed by atoms with E-state index in [-0.39, 0.29) is 0 Å². The van der Waals surface area contributed by atoms with Crippen LogP contribution in [0.1, 0.15) is 56.9 Å². The van der Waals surface area contributed by atoms with Crippen molar-refractivity contribution in [1.82, 2.24) is 0 Å². The summed E-state index contributed by atoms with van der Waals surface area (Å²) >= 11 is 0. The Bertz CT molecular complexity index is 318. The Balaban J connectivity index is 0.000000178. The molecule has 3 rings (SSSR count). The molecule has 0 unspecified atom stereocenters. The van der Waals surface area contributed by atoms with Crippen molar-refractivity contribution in [2.45, 2.75) is 58.3 Å². The van der Waals surface area contributed by atoms with Crippen LogP contribution in [-0.2, 0) is 4.74 Å². The third-order valence-corrected chi connectivity index (χ3v) is 4.60. The highest BCUT2D eigenvalue weighted by atomic mass is 16.5. The summed E-state index contributed by atoms with van der Waals surface area (Å²) in [6, 6.07) is 10.3. The number of hydrogen-bond donors (Lipinski definition) is 0. The molecule has 0 saturated heterocycles. The van der Waals surface area contributed by atoms with Gasteiger partial charge in [0.15, 0.2) is 0 Å². The number of hydrogen-bond acceptors (Lipinski definition) is 1. The van der Waals surface area contributed by atoms with Crippen molar-refractivity contribution >= 4 is 0 Å². The van der Waals surface area contributed by atoms with Crippen molar-refractivity contribution in [2.24, 2.45) is 11.8 Å². The zero-order valence-electron chi connectivity index (χ0n) is 13.0. The summed E-state index contributed by atoms with van der Waals surface area (Å²) in [5.74, 6) is 1.81. The van der Waals surface area contributed by atoms with Gasteiger partial charge in [-0.05, 0) is 44.4 Å². The van der Waals surface area contributed by atoms with Gasteiger partial charge in [0.25, 0.3) is 0 Å². The second kappa shape index (κ2) is 9.18. The van der Waals surface area contributed by atoms with Crippen LogP contribution < -0.4 is 0 Å². The van der Waals surface area contributed by atoms with E-state index in [0.717, 1.165) is 25.0 Å². The lowest BCUT2D eigenvalue weighted by molar-refractivity contribution is 0.0743. The summed E-state index contributed by atoms with van der Waals surface area (Å²) in [4.78, 5) is 0. The summed E-state index contributed by atoms with van der Waals surface area (Å²) in [7, 11) is 0. The molecule has 20 heavy (non-hydrogen) atoms. The maximum absolute atomic E-state index is 5.80. The third-order valence-electron chi connectivity index (χ3n) is 4.60. The highest BCUT2D eigenvalue weighted by Gasteiger charge is 2.18. The van der Waals surface area contributed by atoms with Gasteiger partial charge in [0.05, 0.1) is 0 Å². The van der Waals surface area contributed by atoms with Gasteiger partial charge in [-0.25, -0.2) is 0 Å². The Labute approximate surface area is 124 Å². The molecule has 0 amide bonds. The summed E-state index contributed by atoms with van der Waals surface area (Å²) in [5, 5.41) is 0. The number of aryl methyl sites for hydroxylation is 1. The fraction of sp³-hybridized carbons (Fsp3) is 0.684. The van der Waals surface area contributed by atoms with Crippen molar-refractivity contribution in [3.8, 4) is 0 Å². The quantitative estimate of drug-likeness (QED) is 0.716. The predicted octanol–water partition coefficient (Wildman–Crippen LogP) is 5.38. The maximum atomic E-state index is 5.80. The van der Waals surface area contributed by atoms with Crippen LogP contribution >= 0.6 is 0 Å². The Hall–Kier alpha value is -0.820. The van der Waals surface area contributed by atoms with Crippen LogP contribution in [0.5, 0.6) is 0 Å². The third kappa shape index (κ3) is 6.09. The molecule has 112 valence electrons. The number of benzene rings is 1. The molecule has 2 aliphatic rings. The topological polar surface area (TPSA) is 9.23 Å². The first-order valence-corrected chi connectivity index (χ1v) is 8.44. The molecule has 1 nitrogen and oxygen atoms in total. The lowest BCUT2D eigenvalue weighted by atomic mass is 10.1. The van der Waals surface area contributed by atoms with Crippen molar-refractivity contribution < 1.29 is 4.74 Å². The predicted molar refractivity (Wildman–Crippen MR) is 85.9 cm³/mol. The first-order valence-electron chi connectivity index (χ1n) is 8.44. The Morgan fingerprint density at radius 1 is 0.800 bits per heavy atom. The molecular formula is C19H30O. The van der Waals surface area contributed by atoms with Crippen molar-refractivity contribution in [1.29, 1.82) is 0 Å². The average molecular weight is 274 g/mol. The molecule has 0 heterocycles. The van der Waals surface area contributed by atoms with Crippen molar-refractivity contribution in [3.05, 3.63) is 35.9 Å². The smallest absolute Gasteiger partial charge is 0.0494 e. The van der Waals surface area contributed by atoms with E-state index in [1.165, 1.54) is 56.9 Å². The molecule has 1 aromatic carbocycles. The van der Waals surface area contributed by atoms with Gasteiger partial charge in [-0.1, -0.05) is 61.6 Å². The fourth-order valence-corrected chi connectivity index (χ4v) is 3.29. The summed E-state index contributed by atoms with van der Waals surface area (Å²) in [5.41, 5.74) is 1.32. The monoisotopic (exact) mass is 274 g/mol. The molecule has 1 aromatic rings. The average Bonchev–Trinajstić information content (AvgIpc) is 3.14. The van der Waals surface area contributed by atoms with E-state index in [1.807, 2.05) is 18.2 Å². The maximum Gasteiger partial charge on any atom is 0.0494 e. The molecule has 2 aliphatic carbocycles. The zero-order chi connectivity index (χ0) is 14.0. The zero-order valence-corrected chi connectivity index (χ0v) is 13.0. The van der Waals surface area contributed by atoms with E-state index in [9.17, 15) is 0 Å². The van der Waals surface area contributed by atoms with Crippen molar-refractivity contribution in [3.63, 3.8) is 0 Å². The first kappa shape index (κ1) is 15.6. The second-order valence-corrected chi connectivity index (χ2v) is 6.49. The molecule has 0 bridgehead atoms. The fourth-order valence-electron chi connectivity index (χ4n) is 3.29. The van der Waals surface area contributed by atoms with Crippen LogP contribution in [0.3, 0.4) is 0 Å². The molecule has 2 fully saturated rings. The SMILES string of the molecule is C1CCC(COCC2CCCC2)C1.Cc1ccccc1. The van der Waals surface area contributed by atoms with Crippen LogP contribution in [0, 0.1) is 18.8 Å². The summed E-state index contributed by atoms with van der Waals surface area (Å²) < 4.78 is 5.80. The molecule has 0 radical (unpaired) electrons. The van der Waals surface area contributed by atoms with Crippen LogP contribution in [0.15, 0.2) is 30.3 Å². The van der Waals surface area contributed by atoms with E-state index >= 15 is 0 Å². The first-order chi connectivity index (χ1) is 9.84. The molecule has 0 spiro atoms. The second-order valence-electron chi connectivity index (χ2n) is 6.49. The highest BCUT2D eigenvalue weighted by molar-refractivity contribution is 5.11. The van der Waals surface area contributed by atoms with E-state index in [0.29, 0.717) is 0 Å². The lowest BCUT2D eigenvalue weighted by Crippen LogP contribution is -2.11. The van der Waals surface area contributed by atoms with Crippen LogP contribution in [-0.4, -0.2) is 13.2 Å². The lowest BCUT2D eigenvalue weighted by Gasteiger charge is -2.13. The highest BCUT2D eigenvalue weighted by Crippen LogP contribution is 2.27. The van der Waals surface area contributed by atoms with Gasteiger partial charge < -0.3 is 4.74 Å². The molecule has 0 aliphatic heterocycles. The molecule has 0 atom stereocenters. The van der Waals surface area contributed by atoms with Gasteiger partial charge in [-0.15, -0.1) is 0 Å². The Morgan fingerprint density at radius 2 is 1.25 bits per heavy atom. The van der Waals surface area contributed by atoms with Gasteiger partial charge in [-0.2, -0.15) is 0 Å². The standard InChI is InChI=1S/C12H22O.C7H8/c1-2-6-11(5-1)9-13-10-12-7-3-4-8-12;1-7-5-3-2-4-6-7/h11-12H,1-10H2;2-6H,1H3. The largest absolute Gasteiger partial charge is 0.381 e. The summed E-state index contributed by atoms with van der Waals surface area (Å²) in [6.07, 6.45) is 11.5. The Kier molecular flexibility index (Phi) is 7.14. The minimum absolute atomic E-state index is 0.904. The molecule has 1 heteroatoms. The molecule has 0 aromatic heterocycles. The normalized spacial score (nSPS) is 19.9. The minimum atomic E-state index is 0.904. The van der Waals surface area contributed by atoms with Gasteiger partial charge in [-0.3, -0.25) is 0 Å². The van der Waals surface area contributed by atoms with Gasteiger partial charge in [0, 0.05) is 13.2 Å². The molecule has 0 N–H and O–H groups in total. The number of rotatable bonds is 4. The molecule has 2 saturated carbocycles. The number of ether oxygens (including phenoxy) is 1. The van der Waals surface area contributed by atoms with Crippen molar-refractivity contribution in [2.75, 3.05) is 13.2 Å². The van der Waals surface area contributed by atoms with E-state index < -0.39 is 0 Å². The van der Waals surface area contributed by atoms with Crippen LogP contribution in [0.25, 0.3) is 0 Å². The van der Waals surface area contributed by atoms with Gasteiger partial charge in [0.1, 0.15) is 0 Å². The van der Waals surface area contributed by atoms with Crippen LogP contribution in [0.2, 0.25) is 0 Å². The van der Waals surface area contributed by atoms with Gasteiger partial charge >= 0.3 is 0 Å². The van der Waals surface area contributed by atoms with E-state index in [4.69, 9.17) is 4.74 Å². The van der Waals surface area contributed by atoms with E-state index in [1.54, 1.807) is 0 Å². The van der Waals surface area contributed by atoms with Gasteiger partial charge in [0.2, 0.25) is 0 Å². The Morgan fingerprint density at radius 3 is 1.60 bits per heavy atom. The van der Waals surface area contributed by atoms with E-state index in [2.05, 4.69) is 19.1 Å².